The van der Waals surface area contributed by atoms with Crippen molar-refractivity contribution in [2.45, 2.75) is 0 Å². The van der Waals surface area contributed by atoms with Crippen LogP contribution in [0, 0.1) is 5.82 Å². The largest absolute Gasteiger partial charge is 0.465 e. The molecule has 6 rings (SSSR count). The number of halogens is 1. The van der Waals surface area contributed by atoms with Crippen molar-refractivity contribution in [1.82, 2.24) is 24.5 Å². The van der Waals surface area contributed by atoms with Gasteiger partial charge in [-0.1, -0.05) is 36.4 Å². The first kappa shape index (κ1) is 26.3. The number of imidazole rings is 1. The number of amides is 1. The molecule has 0 atom stereocenters. The summed E-state index contributed by atoms with van der Waals surface area (Å²) >= 11 is 0. The van der Waals surface area contributed by atoms with Crippen molar-refractivity contribution in [2.75, 3.05) is 18.2 Å². The summed E-state index contributed by atoms with van der Waals surface area (Å²) in [5.41, 5.74) is 9.64. The molecule has 0 aliphatic carbocycles. The van der Waals surface area contributed by atoms with E-state index in [1.807, 2.05) is 53.1 Å². The Kier molecular flexibility index (Phi) is 6.81. The molecule has 0 unspecified atom stereocenters. The fraction of sp³-hybridized carbons (Fsp3) is 0.0323. The van der Waals surface area contributed by atoms with Crippen LogP contribution in [0.5, 0.6) is 0 Å². The molecule has 4 aromatic heterocycles. The number of pyridine rings is 3. The average Bonchev–Trinajstić information content (AvgIpc) is 3.40. The van der Waals surface area contributed by atoms with Gasteiger partial charge in [0, 0.05) is 11.8 Å². The highest BCUT2D eigenvalue weighted by atomic mass is 19.1. The monoisotopic (exact) mass is 559 g/mol. The van der Waals surface area contributed by atoms with Crippen molar-refractivity contribution in [2.24, 2.45) is 0 Å². The van der Waals surface area contributed by atoms with Crippen molar-refractivity contribution in [3.63, 3.8) is 0 Å². The maximum Gasteiger partial charge on any atom is 0.340 e. The Bertz CT molecular complexity index is 1960. The van der Waals surface area contributed by atoms with E-state index in [0.717, 1.165) is 18.4 Å². The van der Waals surface area contributed by atoms with Crippen LogP contribution >= 0.6 is 0 Å². The van der Waals surface area contributed by atoms with Crippen LogP contribution in [0.3, 0.4) is 0 Å². The molecule has 0 aliphatic heterocycles. The Morgan fingerprint density at radius 2 is 1.69 bits per heavy atom. The van der Waals surface area contributed by atoms with Gasteiger partial charge in [0.2, 0.25) is 0 Å². The summed E-state index contributed by atoms with van der Waals surface area (Å²) in [5.74, 6) is -1.67. The molecule has 0 fully saturated rings. The molecule has 0 bridgehead atoms. The number of aromatic nitrogens is 5. The molecule has 3 N–H and O–H groups in total. The molecular formula is C31H22FN7O3. The van der Waals surface area contributed by atoms with Crippen molar-refractivity contribution in [3.8, 4) is 28.3 Å². The lowest BCUT2D eigenvalue weighted by atomic mass is 10.1. The number of carbonyl (C=O) groups excluding carboxylic acids is 2. The number of nitrogens with zero attached hydrogens (tertiary/aromatic N) is 5. The van der Waals surface area contributed by atoms with Gasteiger partial charge in [-0.15, -0.1) is 0 Å². The number of nitrogens with one attached hydrogen (secondary N) is 1. The minimum absolute atomic E-state index is 0.163. The first-order chi connectivity index (χ1) is 20.4. The molecule has 0 saturated carbocycles. The lowest BCUT2D eigenvalue weighted by Crippen LogP contribution is -2.17. The van der Waals surface area contributed by atoms with E-state index < -0.39 is 17.7 Å². The lowest BCUT2D eigenvalue weighted by Gasteiger charge is -2.12. The number of hydrogen-bond donors (Lipinski definition) is 2. The van der Waals surface area contributed by atoms with E-state index in [2.05, 4.69) is 20.0 Å². The Hall–Kier alpha value is -5.97. The van der Waals surface area contributed by atoms with Gasteiger partial charge in [-0.05, 0) is 48.5 Å². The summed E-state index contributed by atoms with van der Waals surface area (Å²) in [6, 6.07) is 24.3. The summed E-state index contributed by atoms with van der Waals surface area (Å²) in [6.45, 7) is 0. The van der Waals surface area contributed by atoms with E-state index in [1.54, 1.807) is 24.4 Å². The molecule has 0 aliphatic rings. The quantitative estimate of drug-likeness (QED) is 0.262. The first-order valence-corrected chi connectivity index (χ1v) is 12.7. The number of ether oxygens (including phenoxy) is 1. The third kappa shape index (κ3) is 4.79. The molecule has 206 valence electrons. The molecule has 0 spiro atoms. The Balaban J connectivity index is 1.40. The third-order valence-electron chi connectivity index (χ3n) is 6.55. The van der Waals surface area contributed by atoms with Crippen LogP contribution in [0.1, 0.15) is 20.7 Å². The Labute approximate surface area is 238 Å². The number of nitrogens with two attached hydrogens (primary N) is 1. The van der Waals surface area contributed by atoms with Gasteiger partial charge in [0.1, 0.15) is 23.0 Å². The predicted octanol–water partition coefficient (Wildman–Crippen LogP) is 5.30. The van der Waals surface area contributed by atoms with Crippen LogP contribution < -0.4 is 11.1 Å². The number of hydrogen-bond acceptors (Lipinski definition) is 8. The van der Waals surface area contributed by atoms with Gasteiger partial charge in [-0.2, -0.15) is 0 Å². The van der Waals surface area contributed by atoms with E-state index >= 15 is 0 Å². The number of benzene rings is 2. The Morgan fingerprint density at radius 3 is 2.43 bits per heavy atom. The number of nitrogen functional groups attached to an aromatic ring is 1. The number of rotatable bonds is 6. The normalized spacial score (nSPS) is 10.9. The van der Waals surface area contributed by atoms with E-state index in [9.17, 15) is 14.0 Å². The Morgan fingerprint density at radius 1 is 0.881 bits per heavy atom. The summed E-state index contributed by atoms with van der Waals surface area (Å²) < 4.78 is 21.2. The van der Waals surface area contributed by atoms with Crippen LogP contribution in [-0.2, 0) is 4.74 Å². The molecular weight excluding hydrogens is 537 g/mol. The number of carbonyl (C=O) groups is 2. The highest BCUT2D eigenvalue weighted by molar-refractivity contribution is 6.05. The maximum atomic E-state index is 14.8. The molecule has 0 radical (unpaired) electrons. The van der Waals surface area contributed by atoms with E-state index in [0.29, 0.717) is 34.1 Å². The minimum atomic E-state index is -0.984. The standard InChI is InChI=1S/C31H22FN7O3/c1-42-31(41)21-10-5-9-20(26(21)32)30(40)38-25-15-12-19(17-35-25)39-28(22-11-6-16-34-27(22)33)37-24-14-13-23(36-29(24)39)18-7-3-2-4-8-18/h2-17H,1H3,(H2,33,34)(H,35,38,40). The zero-order chi connectivity index (χ0) is 29.2. The molecule has 2 aromatic carbocycles. The molecule has 1 amide bonds. The van der Waals surface area contributed by atoms with Crippen molar-refractivity contribution < 1.29 is 18.7 Å². The van der Waals surface area contributed by atoms with Gasteiger partial charge in [0.05, 0.1) is 41.4 Å². The fourth-order valence-electron chi connectivity index (χ4n) is 4.51. The summed E-state index contributed by atoms with van der Waals surface area (Å²) in [5, 5.41) is 2.57. The second-order valence-corrected chi connectivity index (χ2v) is 9.13. The van der Waals surface area contributed by atoms with Crippen LogP contribution in [0.15, 0.2) is 97.3 Å². The minimum Gasteiger partial charge on any atom is -0.465 e. The number of methoxy groups -OCH3 is 1. The lowest BCUT2D eigenvalue weighted by molar-refractivity contribution is 0.0595. The van der Waals surface area contributed by atoms with Crippen LogP contribution in [0.4, 0.5) is 16.0 Å². The molecule has 6 aromatic rings. The zero-order valence-electron chi connectivity index (χ0n) is 22.2. The van der Waals surface area contributed by atoms with Crippen LogP contribution in [0.2, 0.25) is 0 Å². The molecule has 0 saturated heterocycles. The van der Waals surface area contributed by atoms with E-state index in [4.69, 9.17) is 15.7 Å². The highest BCUT2D eigenvalue weighted by Crippen LogP contribution is 2.31. The van der Waals surface area contributed by atoms with Gasteiger partial charge < -0.3 is 15.8 Å². The van der Waals surface area contributed by atoms with Crippen LogP contribution in [-0.4, -0.2) is 43.5 Å². The predicted molar refractivity (Wildman–Crippen MR) is 155 cm³/mol. The summed E-state index contributed by atoms with van der Waals surface area (Å²) in [6.07, 6.45) is 3.13. The summed E-state index contributed by atoms with van der Waals surface area (Å²) in [7, 11) is 1.13. The average molecular weight is 560 g/mol. The third-order valence-corrected chi connectivity index (χ3v) is 6.55. The van der Waals surface area contributed by atoms with Gasteiger partial charge in [0.25, 0.3) is 5.91 Å². The summed E-state index contributed by atoms with van der Waals surface area (Å²) in [4.78, 5) is 43.0. The van der Waals surface area contributed by atoms with Crippen LogP contribution in [0.25, 0.3) is 39.5 Å². The van der Waals surface area contributed by atoms with Gasteiger partial charge in [0.15, 0.2) is 11.5 Å². The van der Waals surface area contributed by atoms with Crippen molar-refractivity contribution >= 4 is 34.7 Å². The van der Waals surface area contributed by atoms with Crippen molar-refractivity contribution in [1.29, 1.82) is 0 Å². The fourth-order valence-corrected chi connectivity index (χ4v) is 4.51. The molecule has 11 heteroatoms. The number of anilines is 2. The first-order valence-electron chi connectivity index (χ1n) is 12.7. The van der Waals surface area contributed by atoms with Gasteiger partial charge in [-0.25, -0.2) is 29.1 Å². The second kappa shape index (κ2) is 10.9. The van der Waals surface area contributed by atoms with E-state index in [-0.39, 0.29) is 16.9 Å². The van der Waals surface area contributed by atoms with Gasteiger partial charge >= 0.3 is 5.97 Å². The van der Waals surface area contributed by atoms with Gasteiger partial charge in [-0.3, -0.25) is 9.36 Å². The smallest absolute Gasteiger partial charge is 0.340 e. The van der Waals surface area contributed by atoms with Crippen molar-refractivity contribution in [3.05, 3.63) is 114 Å². The molecule has 42 heavy (non-hydrogen) atoms. The SMILES string of the molecule is COC(=O)c1cccc(C(=O)Nc2ccc(-n3c(-c4cccnc4N)nc4ccc(-c5ccccc5)nc43)cn2)c1F. The molecule has 10 nitrogen and oxygen atoms in total. The number of fused-ring (bicyclic) bond motifs is 1. The maximum absolute atomic E-state index is 14.8. The molecule has 4 heterocycles. The zero-order valence-corrected chi connectivity index (χ0v) is 22.2. The van der Waals surface area contributed by atoms with E-state index in [1.165, 1.54) is 24.4 Å². The second-order valence-electron chi connectivity index (χ2n) is 9.13. The topological polar surface area (TPSA) is 138 Å². The number of esters is 1. The highest BCUT2D eigenvalue weighted by Gasteiger charge is 2.21.